The molecule has 0 spiro atoms. The van der Waals surface area contributed by atoms with Crippen molar-refractivity contribution < 1.29 is 0 Å². The molecule has 0 aliphatic heterocycles. The van der Waals surface area contributed by atoms with Crippen LogP contribution in [0.1, 0.15) is 11.9 Å². The summed E-state index contributed by atoms with van der Waals surface area (Å²) in [6, 6.07) is 1.38. The molecule has 18 heavy (non-hydrogen) atoms. The van der Waals surface area contributed by atoms with E-state index in [1.54, 1.807) is 7.05 Å². The molecule has 0 amide bonds. The van der Waals surface area contributed by atoms with Gasteiger partial charge < -0.3 is 9.88 Å². The van der Waals surface area contributed by atoms with Crippen molar-refractivity contribution in [3.05, 3.63) is 38.1 Å². The van der Waals surface area contributed by atoms with Crippen LogP contribution >= 0.6 is 11.3 Å². The number of nitrogens with one attached hydrogen (secondary N) is 1. The number of aromatic nitrogens is 4. The van der Waals surface area contributed by atoms with Crippen molar-refractivity contribution in [3.63, 3.8) is 0 Å². The Bertz CT molecular complexity index is 657. The quantitative estimate of drug-likeness (QED) is 0.841. The first-order chi connectivity index (χ1) is 8.65. The molecule has 0 aliphatic rings. The van der Waals surface area contributed by atoms with E-state index in [1.165, 1.54) is 28.2 Å². The van der Waals surface area contributed by atoms with Gasteiger partial charge in [-0.15, -0.1) is 10.2 Å². The fraction of sp³-hybridized carbons (Fsp3) is 0.400. The van der Waals surface area contributed by atoms with Crippen LogP contribution in [0.3, 0.4) is 0 Å². The Morgan fingerprint density at radius 2 is 2.17 bits per heavy atom. The number of hydrogen-bond donors (Lipinski definition) is 1. The summed E-state index contributed by atoms with van der Waals surface area (Å²) in [6.07, 6.45) is 1.50. The minimum Gasteiger partial charge on any atom is -0.363 e. The molecule has 0 saturated heterocycles. The van der Waals surface area contributed by atoms with Gasteiger partial charge in [-0.1, -0.05) is 11.3 Å². The Morgan fingerprint density at radius 3 is 2.78 bits per heavy atom. The summed E-state index contributed by atoms with van der Waals surface area (Å²) in [6.45, 7) is 2.52. The molecule has 0 fully saturated rings. The lowest BCUT2D eigenvalue weighted by Gasteiger charge is -2.05. The number of aryl methyl sites for hydroxylation is 1. The molecule has 0 aromatic carbocycles. The first-order valence-electron chi connectivity index (χ1n) is 5.46. The lowest BCUT2D eigenvalue weighted by Crippen LogP contribution is -2.38. The van der Waals surface area contributed by atoms with E-state index < -0.39 is 0 Å². The maximum absolute atomic E-state index is 12.0. The monoisotopic (exact) mass is 267 g/mol. The first-order valence-corrected chi connectivity index (χ1v) is 6.27. The van der Waals surface area contributed by atoms with Crippen molar-refractivity contribution in [3.8, 4) is 0 Å². The first kappa shape index (κ1) is 12.5. The maximum atomic E-state index is 12.0. The highest BCUT2D eigenvalue weighted by atomic mass is 32.1. The second kappa shape index (κ2) is 5.13. The Labute approximate surface area is 107 Å². The normalized spacial score (nSPS) is 10.6. The van der Waals surface area contributed by atoms with E-state index in [2.05, 4.69) is 15.5 Å². The van der Waals surface area contributed by atoms with E-state index in [4.69, 9.17) is 0 Å². The van der Waals surface area contributed by atoms with Crippen molar-refractivity contribution in [2.24, 2.45) is 0 Å². The third kappa shape index (κ3) is 2.33. The summed E-state index contributed by atoms with van der Waals surface area (Å²) in [5.74, 6) is 0. The van der Waals surface area contributed by atoms with Crippen LogP contribution in [0.15, 0.2) is 21.9 Å². The number of nitrogens with zero attached hydrogens (tertiary/aromatic N) is 4. The van der Waals surface area contributed by atoms with Crippen LogP contribution < -0.4 is 16.6 Å². The predicted octanol–water partition coefficient (Wildman–Crippen LogP) is -0.0286. The molecule has 8 heteroatoms. The van der Waals surface area contributed by atoms with E-state index in [0.717, 1.165) is 4.57 Å². The van der Waals surface area contributed by atoms with Crippen LogP contribution in [0.25, 0.3) is 0 Å². The fourth-order valence-corrected chi connectivity index (χ4v) is 2.18. The Hall–Kier alpha value is -1.96. The fourth-order valence-electron chi connectivity index (χ4n) is 1.50. The molecule has 2 rings (SSSR count). The highest BCUT2D eigenvalue weighted by molar-refractivity contribution is 7.15. The van der Waals surface area contributed by atoms with E-state index in [1.807, 2.05) is 6.92 Å². The summed E-state index contributed by atoms with van der Waals surface area (Å²) in [4.78, 5) is 23.6. The maximum Gasteiger partial charge on any atom is 0.331 e. The lowest BCUT2D eigenvalue weighted by atomic mass is 10.5. The molecule has 96 valence electrons. The molecular weight excluding hydrogens is 254 g/mol. The highest BCUT2D eigenvalue weighted by Crippen LogP contribution is 2.13. The lowest BCUT2D eigenvalue weighted by molar-refractivity contribution is 0.597. The average Bonchev–Trinajstić information content (AvgIpc) is 2.82. The van der Waals surface area contributed by atoms with Gasteiger partial charge in [0.05, 0.1) is 6.54 Å². The van der Waals surface area contributed by atoms with Crippen molar-refractivity contribution in [2.75, 3.05) is 12.4 Å². The third-order valence-electron chi connectivity index (χ3n) is 2.45. The van der Waals surface area contributed by atoms with E-state index >= 15 is 0 Å². The molecule has 0 radical (unpaired) electrons. The molecule has 2 aromatic heterocycles. The van der Waals surface area contributed by atoms with E-state index in [0.29, 0.717) is 16.7 Å². The summed E-state index contributed by atoms with van der Waals surface area (Å²) < 4.78 is 2.63. The van der Waals surface area contributed by atoms with Gasteiger partial charge in [0, 0.05) is 25.9 Å². The molecule has 2 heterocycles. The zero-order chi connectivity index (χ0) is 13.1. The summed E-state index contributed by atoms with van der Waals surface area (Å²) in [7, 11) is 1.74. The Kier molecular flexibility index (Phi) is 3.56. The minimum atomic E-state index is -0.328. The molecule has 0 saturated carbocycles. The van der Waals surface area contributed by atoms with Crippen LogP contribution in [0, 0.1) is 0 Å². The molecule has 0 unspecified atom stereocenters. The van der Waals surface area contributed by atoms with Gasteiger partial charge in [0.2, 0.25) is 5.13 Å². The summed E-state index contributed by atoms with van der Waals surface area (Å²) >= 11 is 1.32. The van der Waals surface area contributed by atoms with Crippen LogP contribution in [-0.4, -0.2) is 26.4 Å². The molecule has 1 N–H and O–H groups in total. The SMILES string of the molecule is CCn1ccc(=O)n(Cc2nnc(NC)s2)c1=O. The highest BCUT2D eigenvalue weighted by Gasteiger charge is 2.08. The van der Waals surface area contributed by atoms with Crippen molar-refractivity contribution >= 4 is 16.5 Å². The number of hydrogen-bond acceptors (Lipinski definition) is 6. The van der Waals surface area contributed by atoms with Gasteiger partial charge in [0.25, 0.3) is 5.56 Å². The molecule has 0 aliphatic carbocycles. The van der Waals surface area contributed by atoms with Gasteiger partial charge >= 0.3 is 5.69 Å². The van der Waals surface area contributed by atoms with E-state index in [9.17, 15) is 9.59 Å². The standard InChI is InChI=1S/C10H13N5O2S/c1-3-14-5-4-8(16)15(10(14)17)6-7-12-13-9(11-2)18-7/h4-5H,3,6H2,1-2H3,(H,11,13). The van der Waals surface area contributed by atoms with Crippen LogP contribution in [0.4, 0.5) is 5.13 Å². The van der Waals surface area contributed by atoms with Crippen molar-refractivity contribution in [1.82, 2.24) is 19.3 Å². The smallest absolute Gasteiger partial charge is 0.331 e. The average molecular weight is 267 g/mol. The Balaban J connectivity index is 2.39. The van der Waals surface area contributed by atoms with Gasteiger partial charge in [0.1, 0.15) is 5.01 Å². The number of anilines is 1. The number of rotatable bonds is 4. The summed E-state index contributed by atoms with van der Waals surface area (Å²) in [5, 5.41) is 11.9. The Morgan fingerprint density at radius 1 is 1.39 bits per heavy atom. The molecule has 7 nitrogen and oxygen atoms in total. The second-order valence-corrected chi connectivity index (χ2v) is 4.62. The topological polar surface area (TPSA) is 81.8 Å². The zero-order valence-electron chi connectivity index (χ0n) is 10.1. The van der Waals surface area contributed by atoms with Crippen molar-refractivity contribution in [1.29, 1.82) is 0 Å². The molecular formula is C10H13N5O2S. The summed E-state index contributed by atoms with van der Waals surface area (Å²) in [5.41, 5.74) is -0.655. The van der Waals surface area contributed by atoms with Gasteiger partial charge in [-0.25, -0.2) is 4.79 Å². The van der Waals surface area contributed by atoms with Gasteiger partial charge in [-0.05, 0) is 6.92 Å². The molecule has 0 bridgehead atoms. The van der Waals surface area contributed by atoms with Gasteiger partial charge in [0.15, 0.2) is 0 Å². The predicted molar refractivity (Wildman–Crippen MR) is 69.2 cm³/mol. The van der Waals surface area contributed by atoms with Crippen molar-refractivity contribution in [2.45, 2.75) is 20.0 Å². The van der Waals surface area contributed by atoms with Crippen LogP contribution in [0.2, 0.25) is 0 Å². The molecule has 0 atom stereocenters. The third-order valence-corrected chi connectivity index (χ3v) is 3.38. The largest absolute Gasteiger partial charge is 0.363 e. The van der Waals surface area contributed by atoms with E-state index in [-0.39, 0.29) is 17.8 Å². The van der Waals surface area contributed by atoms with Crippen LogP contribution in [-0.2, 0) is 13.1 Å². The second-order valence-electron chi connectivity index (χ2n) is 3.56. The van der Waals surface area contributed by atoms with Crippen LogP contribution in [0.5, 0.6) is 0 Å². The van der Waals surface area contributed by atoms with Gasteiger partial charge in [-0.2, -0.15) is 0 Å². The molecule has 2 aromatic rings. The zero-order valence-corrected chi connectivity index (χ0v) is 10.9. The minimum absolute atomic E-state index is 0.151. The van der Waals surface area contributed by atoms with Gasteiger partial charge in [-0.3, -0.25) is 9.36 Å².